The van der Waals surface area contributed by atoms with Crippen molar-refractivity contribution in [2.45, 2.75) is 6.42 Å². The van der Waals surface area contributed by atoms with Crippen LogP contribution in [0.3, 0.4) is 0 Å². The van der Waals surface area contributed by atoms with E-state index in [2.05, 4.69) is 31.9 Å². The molecule has 0 radical (unpaired) electrons. The number of rotatable bonds is 4. The van der Waals surface area contributed by atoms with Gasteiger partial charge in [0, 0.05) is 33.9 Å². The zero-order valence-electron chi connectivity index (χ0n) is 10.8. The van der Waals surface area contributed by atoms with Crippen molar-refractivity contribution in [3.8, 4) is 0 Å². The average molecular weight is 460 g/mol. The van der Waals surface area contributed by atoms with Crippen molar-refractivity contribution in [3.05, 3.63) is 31.2 Å². The van der Waals surface area contributed by atoms with Gasteiger partial charge in [0.15, 0.2) is 0 Å². The van der Waals surface area contributed by atoms with Gasteiger partial charge in [-0.15, -0.1) is 3.89 Å². The van der Waals surface area contributed by atoms with Crippen molar-refractivity contribution < 1.29 is 22.0 Å². The topological polar surface area (TPSA) is 97.6 Å². The van der Waals surface area contributed by atoms with E-state index in [0.29, 0.717) is 8.95 Å². The first-order valence-corrected chi connectivity index (χ1v) is 9.08. The summed E-state index contributed by atoms with van der Waals surface area (Å²) in [4.78, 5) is 23.7. The minimum atomic E-state index is -4.71. The Morgan fingerprint density at radius 3 is 2.59 bits per heavy atom. The van der Waals surface area contributed by atoms with E-state index in [9.17, 15) is 27.2 Å². The second-order valence-electron chi connectivity index (χ2n) is 4.79. The molecular weight excluding hydrogens is 451 g/mol. The molecule has 2 rings (SSSR count). The van der Waals surface area contributed by atoms with E-state index in [0.717, 1.165) is 4.90 Å². The van der Waals surface area contributed by atoms with Gasteiger partial charge in [-0.3, -0.25) is 14.9 Å². The van der Waals surface area contributed by atoms with Gasteiger partial charge in [0.25, 0.3) is 5.69 Å². The molecule has 0 spiro atoms. The summed E-state index contributed by atoms with van der Waals surface area (Å²) in [6.07, 6.45) is -0.178. The van der Waals surface area contributed by atoms with Gasteiger partial charge in [-0.25, -0.2) is 0 Å². The normalized spacial score (nSPS) is 18.8. The predicted molar refractivity (Wildman–Crippen MR) is 83.9 cm³/mol. The summed E-state index contributed by atoms with van der Waals surface area (Å²) in [5.41, 5.74) is -0.268. The molecule has 1 aromatic rings. The number of anilines is 1. The van der Waals surface area contributed by atoms with Crippen molar-refractivity contribution in [3.63, 3.8) is 0 Å². The van der Waals surface area contributed by atoms with E-state index < -0.39 is 32.7 Å². The summed E-state index contributed by atoms with van der Waals surface area (Å²) in [5, 5.41) is 11.2. The highest BCUT2D eigenvalue weighted by molar-refractivity contribution is 9.11. The highest BCUT2D eigenvalue weighted by Gasteiger charge is 2.37. The van der Waals surface area contributed by atoms with E-state index >= 15 is 0 Å². The summed E-state index contributed by atoms with van der Waals surface area (Å²) in [7, 11) is -4.71. The van der Waals surface area contributed by atoms with Gasteiger partial charge in [-0.05, 0) is 22.0 Å². The fourth-order valence-corrected chi connectivity index (χ4v) is 4.55. The monoisotopic (exact) mass is 458 g/mol. The number of nitrogens with zero attached hydrogens (tertiary/aromatic N) is 2. The minimum Gasteiger partial charge on any atom is -0.305 e. The van der Waals surface area contributed by atoms with Gasteiger partial charge in [-0.1, -0.05) is 15.9 Å². The fraction of sp³-hybridized carbons (Fsp3) is 0.364. The van der Waals surface area contributed by atoms with Gasteiger partial charge >= 0.3 is 10.2 Å². The first kappa shape index (κ1) is 17.3. The van der Waals surface area contributed by atoms with E-state index in [1.54, 1.807) is 0 Å². The standard InChI is InChI=1S/C11H9Br2FN2O5S/c12-7-2-8(13)11(9(3-7)16(18)19)15-4-6(1-10(15)17)5-22(14,20)21/h2-3,6H,1,4-5H2. The first-order valence-electron chi connectivity index (χ1n) is 5.94. The Hall–Kier alpha value is -1.07. The lowest BCUT2D eigenvalue weighted by Crippen LogP contribution is -2.26. The third-order valence-corrected chi connectivity index (χ3v) is 5.05. The quantitative estimate of drug-likeness (QED) is 0.391. The number of halogens is 3. The minimum absolute atomic E-state index is 0.0388. The fourth-order valence-electron chi connectivity index (χ4n) is 2.35. The van der Waals surface area contributed by atoms with E-state index in [1.807, 2.05) is 0 Å². The number of benzene rings is 1. The predicted octanol–water partition coefficient (Wildman–Crippen LogP) is 2.77. The average Bonchev–Trinajstić information content (AvgIpc) is 2.66. The van der Waals surface area contributed by atoms with Crippen LogP contribution in [0.5, 0.6) is 0 Å². The summed E-state index contributed by atoms with van der Waals surface area (Å²) in [6.45, 7) is -0.0942. The van der Waals surface area contributed by atoms with Crippen LogP contribution < -0.4 is 4.90 Å². The van der Waals surface area contributed by atoms with E-state index in [1.165, 1.54) is 12.1 Å². The van der Waals surface area contributed by atoms with Crippen molar-refractivity contribution in [2.75, 3.05) is 17.2 Å². The Labute approximate surface area is 142 Å². The van der Waals surface area contributed by atoms with E-state index in [-0.39, 0.29) is 24.3 Å². The lowest BCUT2D eigenvalue weighted by molar-refractivity contribution is -0.384. The number of carbonyl (C=O) groups is 1. The molecule has 1 aliphatic heterocycles. The lowest BCUT2D eigenvalue weighted by Gasteiger charge is -2.18. The summed E-state index contributed by atoms with van der Waals surface area (Å²) < 4.78 is 34.9. The molecule has 0 bridgehead atoms. The Morgan fingerprint density at radius 1 is 1.41 bits per heavy atom. The molecular formula is C11H9Br2FN2O5S. The molecule has 1 aromatic carbocycles. The number of hydrogen-bond donors (Lipinski definition) is 0. The second kappa shape index (κ2) is 6.20. The smallest absolute Gasteiger partial charge is 0.302 e. The molecule has 22 heavy (non-hydrogen) atoms. The molecule has 7 nitrogen and oxygen atoms in total. The second-order valence-corrected chi connectivity index (χ2v) is 7.97. The zero-order valence-corrected chi connectivity index (χ0v) is 14.8. The molecule has 1 saturated heterocycles. The molecule has 1 unspecified atom stereocenters. The van der Waals surface area contributed by atoms with Crippen molar-refractivity contribution in [1.82, 2.24) is 0 Å². The van der Waals surface area contributed by atoms with Crippen LogP contribution in [0, 0.1) is 16.0 Å². The highest BCUT2D eigenvalue weighted by atomic mass is 79.9. The molecule has 0 aromatic heterocycles. The summed E-state index contributed by atoms with van der Waals surface area (Å²) >= 11 is 6.29. The third-order valence-electron chi connectivity index (χ3n) is 3.11. The Balaban J connectivity index is 2.40. The van der Waals surface area contributed by atoms with Crippen molar-refractivity contribution in [2.24, 2.45) is 5.92 Å². The maximum Gasteiger partial charge on any atom is 0.302 e. The lowest BCUT2D eigenvalue weighted by atomic mass is 10.1. The van der Waals surface area contributed by atoms with Crippen molar-refractivity contribution >= 4 is 59.4 Å². The first-order chi connectivity index (χ1) is 10.1. The Bertz CT molecular complexity index is 755. The summed E-state index contributed by atoms with van der Waals surface area (Å²) in [5.74, 6) is -2.01. The van der Waals surface area contributed by atoms with Gasteiger partial charge < -0.3 is 4.90 Å². The maximum atomic E-state index is 12.8. The number of nitro groups is 1. The molecule has 1 atom stereocenters. The number of amides is 1. The zero-order chi connectivity index (χ0) is 16.7. The molecule has 1 heterocycles. The van der Waals surface area contributed by atoms with Gasteiger partial charge in [-0.2, -0.15) is 8.42 Å². The largest absolute Gasteiger partial charge is 0.305 e. The van der Waals surface area contributed by atoms with Crippen LogP contribution in [0.2, 0.25) is 0 Å². The maximum absolute atomic E-state index is 12.8. The summed E-state index contributed by atoms with van der Waals surface area (Å²) in [6, 6.07) is 2.78. The number of carbonyl (C=O) groups excluding carboxylic acids is 1. The van der Waals surface area contributed by atoms with Crippen molar-refractivity contribution in [1.29, 1.82) is 0 Å². The Kier molecular flexibility index (Phi) is 4.87. The van der Waals surface area contributed by atoms with Gasteiger partial charge in [0.1, 0.15) is 5.69 Å². The van der Waals surface area contributed by atoms with Crippen LogP contribution in [0.15, 0.2) is 21.1 Å². The molecule has 1 aliphatic rings. The van der Waals surface area contributed by atoms with Crippen LogP contribution >= 0.6 is 31.9 Å². The van der Waals surface area contributed by atoms with Crippen LogP contribution in [-0.2, 0) is 15.0 Å². The Morgan fingerprint density at radius 2 is 2.05 bits per heavy atom. The van der Waals surface area contributed by atoms with Crippen LogP contribution in [0.1, 0.15) is 6.42 Å². The highest BCUT2D eigenvalue weighted by Crippen LogP contribution is 2.41. The number of nitro benzene ring substituents is 1. The van der Waals surface area contributed by atoms with Crippen LogP contribution in [0.4, 0.5) is 15.3 Å². The number of hydrogen-bond acceptors (Lipinski definition) is 5. The molecule has 120 valence electrons. The van der Waals surface area contributed by atoms with Gasteiger partial charge in [0.05, 0.1) is 10.7 Å². The third kappa shape index (κ3) is 3.82. The molecule has 0 N–H and O–H groups in total. The molecule has 1 fully saturated rings. The SMILES string of the molecule is O=C1CC(CS(=O)(=O)F)CN1c1c(Br)cc(Br)cc1[N+](=O)[O-]. The molecule has 1 amide bonds. The van der Waals surface area contributed by atoms with Crippen LogP contribution in [0.25, 0.3) is 0 Å². The molecule has 0 saturated carbocycles. The van der Waals surface area contributed by atoms with Gasteiger partial charge in [0.2, 0.25) is 5.91 Å². The molecule has 11 heteroatoms. The molecule has 0 aliphatic carbocycles. The van der Waals surface area contributed by atoms with E-state index in [4.69, 9.17) is 0 Å². The van der Waals surface area contributed by atoms with Crippen LogP contribution in [-0.4, -0.2) is 31.5 Å².